The van der Waals surface area contributed by atoms with Crippen molar-refractivity contribution in [1.82, 2.24) is 14.7 Å². The van der Waals surface area contributed by atoms with Crippen molar-refractivity contribution in [1.29, 1.82) is 0 Å². The van der Waals surface area contributed by atoms with Crippen molar-refractivity contribution in [2.75, 3.05) is 46.8 Å². The van der Waals surface area contributed by atoms with Gasteiger partial charge in [-0.2, -0.15) is 0 Å². The molecule has 1 unspecified atom stereocenters. The summed E-state index contributed by atoms with van der Waals surface area (Å²) < 4.78 is 0. The van der Waals surface area contributed by atoms with E-state index in [9.17, 15) is 9.59 Å². The van der Waals surface area contributed by atoms with Gasteiger partial charge in [0.25, 0.3) is 5.91 Å². The van der Waals surface area contributed by atoms with E-state index >= 15 is 0 Å². The molecule has 2 aliphatic heterocycles. The van der Waals surface area contributed by atoms with E-state index in [2.05, 4.69) is 5.16 Å². The average molecular weight is 344 g/mol. The number of carbonyl (C=O) groups excluding carboxylic acids is 2. The van der Waals surface area contributed by atoms with E-state index in [1.807, 2.05) is 54.2 Å². The van der Waals surface area contributed by atoms with Crippen LogP contribution in [0.3, 0.4) is 0 Å². The Morgan fingerprint density at radius 3 is 2.40 bits per heavy atom. The van der Waals surface area contributed by atoms with Crippen molar-refractivity contribution >= 4 is 17.5 Å². The highest BCUT2D eigenvalue weighted by molar-refractivity contribution is 6.04. The molecule has 7 nitrogen and oxygen atoms in total. The summed E-state index contributed by atoms with van der Waals surface area (Å²) in [6.07, 6.45) is -0.0676. The first-order chi connectivity index (χ1) is 12.0. The van der Waals surface area contributed by atoms with Gasteiger partial charge in [0, 0.05) is 32.6 Å². The topological polar surface area (TPSA) is 65.5 Å². The van der Waals surface area contributed by atoms with Crippen molar-refractivity contribution in [2.24, 2.45) is 5.16 Å². The van der Waals surface area contributed by atoms with Gasteiger partial charge < -0.3 is 19.5 Å². The number of nitrogens with zero attached hydrogens (tertiary/aromatic N) is 4. The first-order valence-corrected chi connectivity index (χ1v) is 8.54. The van der Waals surface area contributed by atoms with E-state index in [1.165, 1.54) is 0 Å². The number of carbonyl (C=O) groups is 2. The van der Waals surface area contributed by atoms with Crippen molar-refractivity contribution < 1.29 is 14.4 Å². The molecule has 0 radical (unpaired) electrons. The lowest BCUT2D eigenvalue weighted by atomic mass is 10.0. The summed E-state index contributed by atoms with van der Waals surface area (Å²) in [7, 11) is 3.75. The molecule has 2 aliphatic rings. The Hall–Kier alpha value is -2.41. The van der Waals surface area contributed by atoms with E-state index in [0.717, 1.165) is 11.3 Å². The summed E-state index contributed by atoms with van der Waals surface area (Å²) >= 11 is 0. The molecule has 0 N–H and O–H groups in total. The normalized spacial score (nSPS) is 20.4. The molecule has 1 atom stereocenters. The summed E-state index contributed by atoms with van der Waals surface area (Å²) in [5, 5.41) is 4.08. The van der Waals surface area contributed by atoms with E-state index in [-0.39, 0.29) is 11.8 Å². The lowest BCUT2D eigenvalue weighted by Gasteiger charge is -2.35. The Balaban J connectivity index is 1.50. The van der Waals surface area contributed by atoms with Crippen LogP contribution in [0.5, 0.6) is 0 Å². The first-order valence-electron chi connectivity index (χ1n) is 8.54. The molecule has 0 saturated carbocycles. The van der Waals surface area contributed by atoms with Gasteiger partial charge in [0.2, 0.25) is 12.0 Å². The van der Waals surface area contributed by atoms with E-state index in [1.54, 1.807) is 4.90 Å². The van der Waals surface area contributed by atoms with Gasteiger partial charge in [-0.25, -0.2) is 0 Å². The zero-order chi connectivity index (χ0) is 17.8. The number of oxime groups is 1. The second kappa shape index (κ2) is 7.65. The molecular weight excluding hydrogens is 320 g/mol. The maximum absolute atomic E-state index is 12.6. The van der Waals surface area contributed by atoms with Crippen LogP contribution < -0.4 is 0 Å². The van der Waals surface area contributed by atoms with Gasteiger partial charge in [0.05, 0.1) is 12.3 Å². The monoisotopic (exact) mass is 344 g/mol. The third-order valence-corrected chi connectivity index (χ3v) is 4.45. The van der Waals surface area contributed by atoms with Crippen LogP contribution in [0.1, 0.15) is 12.0 Å². The molecule has 0 spiro atoms. The SMILES string of the molecule is CN(C)CC(=O)N1CCN(C(=O)C2CC(c3ccccc3)=NO2)CC1. The fourth-order valence-electron chi connectivity index (χ4n) is 3.06. The summed E-state index contributed by atoms with van der Waals surface area (Å²) in [5.74, 6) is 0.0540. The summed E-state index contributed by atoms with van der Waals surface area (Å²) in [4.78, 5) is 35.5. The largest absolute Gasteiger partial charge is 0.382 e. The average Bonchev–Trinajstić information content (AvgIpc) is 3.11. The molecule has 2 heterocycles. The van der Waals surface area contributed by atoms with Crippen LogP contribution in [0.15, 0.2) is 35.5 Å². The van der Waals surface area contributed by atoms with Crippen LogP contribution in [-0.4, -0.2) is 85.1 Å². The molecule has 134 valence electrons. The molecule has 2 amide bonds. The molecule has 3 rings (SSSR count). The van der Waals surface area contributed by atoms with Gasteiger partial charge in [-0.3, -0.25) is 9.59 Å². The third-order valence-electron chi connectivity index (χ3n) is 4.45. The maximum atomic E-state index is 12.6. The minimum absolute atomic E-state index is 0.0469. The maximum Gasteiger partial charge on any atom is 0.267 e. The number of benzene rings is 1. The number of hydrogen-bond acceptors (Lipinski definition) is 5. The van der Waals surface area contributed by atoms with Crippen LogP contribution in [0.2, 0.25) is 0 Å². The van der Waals surface area contributed by atoms with E-state index in [4.69, 9.17) is 4.84 Å². The third kappa shape index (κ3) is 4.17. The smallest absolute Gasteiger partial charge is 0.267 e. The lowest BCUT2D eigenvalue weighted by molar-refractivity contribution is -0.147. The standard InChI is InChI=1S/C18H24N4O3/c1-20(2)13-17(23)21-8-10-22(11-9-21)18(24)16-12-15(19-25-16)14-6-4-3-5-7-14/h3-7,16H,8-13H2,1-2H3. The molecule has 1 saturated heterocycles. The molecule has 0 aliphatic carbocycles. The Bertz CT molecular complexity index is 652. The molecule has 1 fully saturated rings. The minimum Gasteiger partial charge on any atom is -0.382 e. The fourth-order valence-corrected chi connectivity index (χ4v) is 3.06. The van der Waals surface area contributed by atoms with Crippen LogP contribution in [0, 0.1) is 0 Å². The van der Waals surface area contributed by atoms with Gasteiger partial charge in [-0.1, -0.05) is 35.5 Å². The van der Waals surface area contributed by atoms with Gasteiger partial charge in [0.1, 0.15) is 0 Å². The molecule has 0 aromatic heterocycles. The second-order valence-electron chi connectivity index (χ2n) is 6.65. The number of rotatable bonds is 4. The summed E-state index contributed by atoms with van der Waals surface area (Å²) in [6.45, 7) is 2.61. The molecule has 1 aromatic rings. The molecular formula is C18H24N4O3. The Morgan fingerprint density at radius 1 is 1.12 bits per heavy atom. The highest BCUT2D eigenvalue weighted by atomic mass is 16.6. The zero-order valence-corrected chi connectivity index (χ0v) is 14.7. The predicted octanol–water partition coefficient (Wildman–Crippen LogP) is 0.412. The molecule has 7 heteroatoms. The Kier molecular flexibility index (Phi) is 5.33. The highest BCUT2D eigenvalue weighted by Gasteiger charge is 2.34. The number of amides is 2. The zero-order valence-electron chi connectivity index (χ0n) is 14.7. The number of hydrogen-bond donors (Lipinski definition) is 0. The molecule has 0 bridgehead atoms. The molecule has 1 aromatic carbocycles. The highest BCUT2D eigenvalue weighted by Crippen LogP contribution is 2.19. The van der Waals surface area contributed by atoms with Crippen molar-refractivity contribution in [3.63, 3.8) is 0 Å². The fraction of sp³-hybridized carbons (Fsp3) is 0.500. The van der Waals surface area contributed by atoms with Gasteiger partial charge >= 0.3 is 0 Å². The van der Waals surface area contributed by atoms with Crippen LogP contribution in [0.4, 0.5) is 0 Å². The van der Waals surface area contributed by atoms with Crippen LogP contribution in [-0.2, 0) is 14.4 Å². The summed E-state index contributed by atoms with van der Waals surface area (Å²) in [5.41, 5.74) is 1.79. The van der Waals surface area contributed by atoms with Crippen LogP contribution >= 0.6 is 0 Å². The predicted molar refractivity (Wildman–Crippen MR) is 94.2 cm³/mol. The number of likely N-dealkylation sites (N-methyl/N-ethyl adjacent to an activating group) is 1. The lowest BCUT2D eigenvalue weighted by Crippen LogP contribution is -2.54. The quantitative estimate of drug-likeness (QED) is 0.794. The second-order valence-corrected chi connectivity index (χ2v) is 6.65. The number of piperazine rings is 1. The van der Waals surface area contributed by atoms with E-state index in [0.29, 0.717) is 39.1 Å². The Morgan fingerprint density at radius 2 is 1.76 bits per heavy atom. The summed E-state index contributed by atoms with van der Waals surface area (Å²) in [6, 6.07) is 9.75. The Labute approximate surface area is 147 Å². The van der Waals surface area contributed by atoms with Crippen molar-refractivity contribution in [3.8, 4) is 0 Å². The van der Waals surface area contributed by atoms with Crippen molar-refractivity contribution in [3.05, 3.63) is 35.9 Å². The van der Waals surface area contributed by atoms with Gasteiger partial charge in [-0.05, 0) is 19.7 Å². The van der Waals surface area contributed by atoms with Crippen LogP contribution in [0.25, 0.3) is 0 Å². The molecule has 25 heavy (non-hydrogen) atoms. The van der Waals surface area contributed by atoms with Gasteiger partial charge in [-0.15, -0.1) is 0 Å². The van der Waals surface area contributed by atoms with Gasteiger partial charge in [0.15, 0.2) is 0 Å². The first kappa shape index (κ1) is 17.4. The van der Waals surface area contributed by atoms with Crippen molar-refractivity contribution in [2.45, 2.75) is 12.5 Å². The minimum atomic E-state index is -0.556. The van der Waals surface area contributed by atoms with E-state index < -0.39 is 6.10 Å².